The molecule has 21 heavy (non-hydrogen) atoms. The van der Waals surface area contributed by atoms with Crippen LogP contribution < -0.4 is 0 Å². The Labute approximate surface area is 132 Å². The fourth-order valence-electron chi connectivity index (χ4n) is 4.64. The normalized spacial score (nSPS) is 33.3. The molecule has 3 heterocycles. The highest BCUT2D eigenvalue weighted by Crippen LogP contribution is 2.41. The van der Waals surface area contributed by atoms with Crippen molar-refractivity contribution in [2.45, 2.75) is 59.5 Å². The van der Waals surface area contributed by atoms with Crippen molar-refractivity contribution in [3.05, 3.63) is 0 Å². The van der Waals surface area contributed by atoms with Crippen LogP contribution in [0.5, 0.6) is 0 Å². The lowest BCUT2D eigenvalue weighted by atomic mass is 9.71. The summed E-state index contributed by atoms with van der Waals surface area (Å²) in [5.41, 5.74) is 0.701. The second kappa shape index (κ2) is 6.97. The SMILES string of the molecule is CC.CC(C)CN1CCC(N2CC3(CN(C)C3)C2)CC1C. The molecule has 1 spiro atoms. The van der Waals surface area contributed by atoms with Crippen LogP contribution in [0, 0.1) is 11.3 Å². The van der Waals surface area contributed by atoms with E-state index in [0.717, 1.165) is 18.0 Å². The van der Waals surface area contributed by atoms with E-state index < -0.39 is 0 Å². The van der Waals surface area contributed by atoms with Crippen molar-refractivity contribution in [1.29, 1.82) is 0 Å². The van der Waals surface area contributed by atoms with E-state index in [1.54, 1.807) is 0 Å². The third kappa shape index (κ3) is 3.80. The van der Waals surface area contributed by atoms with E-state index in [0.29, 0.717) is 5.41 Å². The molecule has 2 atom stereocenters. The molecule has 0 aromatic carbocycles. The van der Waals surface area contributed by atoms with Crippen molar-refractivity contribution in [3.8, 4) is 0 Å². The number of hydrogen-bond donors (Lipinski definition) is 0. The molecule has 3 rings (SSSR count). The van der Waals surface area contributed by atoms with Crippen molar-refractivity contribution >= 4 is 0 Å². The maximum absolute atomic E-state index is 2.77. The average molecular weight is 296 g/mol. The van der Waals surface area contributed by atoms with Gasteiger partial charge in [0.05, 0.1) is 0 Å². The molecule has 0 aliphatic carbocycles. The zero-order valence-corrected chi connectivity index (χ0v) is 15.2. The molecule has 0 aromatic heterocycles. The molecule has 0 bridgehead atoms. The predicted molar refractivity (Wildman–Crippen MR) is 91.7 cm³/mol. The summed E-state index contributed by atoms with van der Waals surface area (Å²) < 4.78 is 0. The van der Waals surface area contributed by atoms with E-state index in [9.17, 15) is 0 Å². The van der Waals surface area contributed by atoms with Gasteiger partial charge in [0.25, 0.3) is 0 Å². The highest BCUT2D eigenvalue weighted by molar-refractivity contribution is 5.06. The first-order chi connectivity index (χ1) is 9.97. The van der Waals surface area contributed by atoms with Gasteiger partial charge in [-0.25, -0.2) is 0 Å². The van der Waals surface area contributed by atoms with E-state index in [4.69, 9.17) is 0 Å². The van der Waals surface area contributed by atoms with Crippen LogP contribution in [-0.4, -0.2) is 73.1 Å². The van der Waals surface area contributed by atoms with Crippen LogP contribution >= 0.6 is 0 Å². The fraction of sp³-hybridized carbons (Fsp3) is 1.00. The van der Waals surface area contributed by atoms with Gasteiger partial charge in [-0.05, 0) is 39.3 Å². The van der Waals surface area contributed by atoms with Crippen molar-refractivity contribution in [1.82, 2.24) is 14.7 Å². The molecule has 2 unspecified atom stereocenters. The molecule has 0 N–H and O–H groups in total. The van der Waals surface area contributed by atoms with Gasteiger partial charge in [0.15, 0.2) is 0 Å². The van der Waals surface area contributed by atoms with E-state index in [-0.39, 0.29) is 0 Å². The van der Waals surface area contributed by atoms with Gasteiger partial charge >= 0.3 is 0 Å². The summed E-state index contributed by atoms with van der Waals surface area (Å²) in [7, 11) is 2.25. The summed E-state index contributed by atoms with van der Waals surface area (Å²) in [5, 5.41) is 0. The third-order valence-corrected chi connectivity index (χ3v) is 5.39. The summed E-state index contributed by atoms with van der Waals surface area (Å²) in [5.74, 6) is 0.803. The quantitative estimate of drug-likeness (QED) is 0.793. The highest BCUT2D eigenvalue weighted by atomic mass is 15.3. The summed E-state index contributed by atoms with van der Waals surface area (Å²) in [4.78, 5) is 7.94. The molecular weight excluding hydrogens is 258 g/mol. The molecule has 3 aliphatic rings. The number of likely N-dealkylation sites (tertiary alicyclic amines) is 3. The molecule has 3 saturated heterocycles. The lowest BCUT2D eigenvalue weighted by molar-refractivity contribution is -0.130. The van der Waals surface area contributed by atoms with Gasteiger partial charge in [0.2, 0.25) is 0 Å². The summed E-state index contributed by atoms with van der Waals surface area (Å²) in [6.45, 7) is 19.1. The molecule has 3 heteroatoms. The van der Waals surface area contributed by atoms with Crippen LogP contribution in [0.1, 0.15) is 47.5 Å². The zero-order chi connectivity index (χ0) is 15.6. The minimum absolute atomic E-state index is 0.701. The molecule has 0 amide bonds. The molecule has 0 aromatic rings. The minimum atomic E-state index is 0.701. The van der Waals surface area contributed by atoms with Crippen LogP contribution in [0.25, 0.3) is 0 Å². The second-order valence-corrected chi connectivity index (χ2v) is 7.99. The molecule has 124 valence electrons. The smallest absolute Gasteiger partial charge is 0.0212 e. The van der Waals surface area contributed by atoms with Gasteiger partial charge in [-0.2, -0.15) is 0 Å². The molecule has 3 nitrogen and oxygen atoms in total. The molecule has 3 aliphatic heterocycles. The number of hydrogen-bond acceptors (Lipinski definition) is 3. The first-order valence-corrected chi connectivity index (χ1v) is 9.14. The summed E-state index contributed by atoms with van der Waals surface area (Å²) in [6, 6.07) is 1.65. The van der Waals surface area contributed by atoms with Gasteiger partial charge in [-0.3, -0.25) is 4.90 Å². The molecule has 0 radical (unpaired) electrons. The topological polar surface area (TPSA) is 9.72 Å². The van der Waals surface area contributed by atoms with Gasteiger partial charge in [0, 0.05) is 50.2 Å². The van der Waals surface area contributed by atoms with Gasteiger partial charge in [0.1, 0.15) is 0 Å². The fourth-order valence-corrected chi connectivity index (χ4v) is 4.64. The van der Waals surface area contributed by atoms with Crippen molar-refractivity contribution in [2.24, 2.45) is 11.3 Å². The lowest BCUT2D eigenvalue weighted by Crippen LogP contribution is -2.73. The van der Waals surface area contributed by atoms with E-state index in [2.05, 4.69) is 42.5 Å². The Balaban J connectivity index is 0.000000774. The maximum Gasteiger partial charge on any atom is 0.0212 e. The second-order valence-electron chi connectivity index (χ2n) is 7.99. The van der Waals surface area contributed by atoms with Crippen molar-refractivity contribution in [2.75, 3.05) is 46.3 Å². The van der Waals surface area contributed by atoms with Gasteiger partial charge < -0.3 is 9.80 Å². The van der Waals surface area contributed by atoms with Gasteiger partial charge in [-0.1, -0.05) is 27.7 Å². The minimum Gasteiger partial charge on any atom is -0.305 e. The van der Waals surface area contributed by atoms with Crippen LogP contribution in [-0.2, 0) is 0 Å². The maximum atomic E-state index is 2.77. The Morgan fingerprint density at radius 1 is 1.10 bits per heavy atom. The summed E-state index contributed by atoms with van der Waals surface area (Å²) in [6.07, 6.45) is 2.78. The standard InChI is InChI=1S/C16H31N3.C2H6/c1-13(2)8-18-6-5-15(7-14(18)3)19-11-16(12-19)9-17(4)10-16;1-2/h13-15H,5-12H2,1-4H3;1-2H3. The molecule has 3 fully saturated rings. The average Bonchev–Trinajstić information content (AvgIpc) is 2.36. The van der Waals surface area contributed by atoms with E-state index >= 15 is 0 Å². The predicted octanol–water partition coefficient (Wildman–Crippen LogP) is 2.77. The monoisotopic (exact) mass is 295 g/mol. The first-order valence-electron chi connectivity index (χ1n) is 9.14. The number of nitrogens with zero attached hydrogens (tertiary/aromatic N) is 3. The van der Waals surface area contributed by atoms with E-state index in [1.165, 1.54) is 52.1 Å². The Bertz CT molecular complexity index is 314. The third-order valence-electron chi connectivity index (χ3n) is 5.39. The van der Waals surface area contributed by atoms with Crippen LogP contribution in [0.3, 0.4) is 0 Å². The Hall–Kier alpha value is -0.120. The molecule has 0 saturated carbocycles. The lowest BCUT2D eigenvalue weighted by Gasteiger charge is -2.62. The van der Waals surface area contributed by atoms with Crippen LogP contribution in [0.15, 0.2) is 0 Å². The Kier molecular flexibility index (Phi) is 5.72. The largest absolute Gasteiger partial charge is 0.305 e. The number of rotatable bonds is 3. The van der Waals surface area contributed by atoms with Crippen molar-refractivity contribution < 1.29 is 0 Å². The Morgan fingerprint density at radius 3 is 2.19 bits per heavy atom. The number of piperidine rings is 1. The zero-order valence-electron chi connectivity index (χ0n) is 15.2. The Morgan fingerprint density at radius 2 is 1.71 bits per heavy atom. The van der Waals surface area contributed by atoms with E-state index in [1.807, 2.05) is 13.8 Å². The first kappa shape index (κ1) is 17.2. The molecular formula is C18H37N3. The highest BCUT2D eigenvalue weighted by Gasteiger charge is 2.52. The summed E-state index contributed by atoms with van der Waals surface area (Å²) >= 11 is 0. The van der Waals surface area contributed by atoms with Crippen LogP contribution in [0.4, 0.5) is 0 Å². The van der Waals surface area contributed by atoms with Gasteiger partial charge in [-0.15, -0.1) is 0 Å². The van der Waals surface area contributed by atoms with Crippen molar-refractivity contribution in [3.63, 3.8) is 0 Å². The van der Waals surface area contributed by atoms with Crippen LogP contribution in [0.2, 0.25) is 0 Å².